The van der Waals surface area contributed by atoms with E-state index in [0.717, 1.165) is 30.7 Å². The largest absolute Gasteiger partial charge is 0.368 e. The van der Waals surface area contributed by atoms with E-state index in [2.05, 4.69) is 14.9 Å². The van der Waals surface area contributed by atoms with Gasteiger partial charge in [-0.2, -0.15) is 4.98 Å². The van der Waals surface area contributed by atoms with Crippen molar-refractivity contribution >= 4 is 11.8 Å². The minimum atomic E-state index is 0.383. The SMILES string of the molecule is Nc1nccc(N2CCC3CCCCC3C2)n1. The van der Waals surface area contributed by atoms with Gasteiger partial charge in [-0.3, -0.25) is 0 Å². The van der Waals surface area contributed by atoms with E-state index < -0.39 is 0 Å². The molecule has 4 heteroatoms. The maximum atomic E-state index is 5.65. The molecule has 2 unspecified atom stereocenters. The van der Waals surface area contributed by atoms with Gasteiger partial charge in [0.05, 0.1) is 0 Å². The van der Waals surface area contributed by atoms with E-state index in [9.17, 15) is 0 Å². The lowest BCUT2D eigenvalue weighted by molar-refractivity contribution is 0.202. The normalized spacial score (nSPS) is 28.8. The quantitative estimate of drug-likeness (QED) is 0.805. The molecule has 2 aliphatic rings. The third-order valence-corrected chi connectivity index (χ3v) is 4.27. The molecule has 0 bridgehead atoms. The van der Waals surface area contributed by atoms with Gasteiger partial charge in [-0.25, -0.2) is 4.98 Å². The highest BCUT2D eigenvalue weighted by Gasteiger charge is 2.31. The highest BCUT2D eigenvalue weighted by atomic mass is 15.2. The van der Waals surface area contributed by atoms with Crippen LogP contribution in [0.4, 0.5) is 11.8 Å². The van der Waals surface area contributed by atoms with Crippen molar-refractivity contribution in [2.75, 3.05) is 23.7 Å². The molecule has 2 fully saturated rings. The van der Waals surface area contributed by atoms with Crippen LogP contribution in [0.5, 0.6) is 0 Å². The van der Waals surface area contributed by atoms with Crippen molar-refractivity contribution in [3.63, 3.8) is 0 Å². The van der Waals surface area contributed by atoms with Gasteiger partial charge in [0.2, 0.25) is 5.95 Å². The predicted octanol–water partition coefficient (Wildman–Crippen LogP) is 2.08. The molecule has 0 aromatic carbocycles. The lowest BCUT2D eigenvalue weighted by Crippen LogP contribution is -2.42. The summed E-state index contributed by atoms with van der Waals surface area (Å²) in [7, 11) is 0. The van der Waals surface area contributed by atoms with E-state index in [1.165, 1.54) is 32.1 Å². The van der Waals surface area contributed by atoms with E-state index in [0.29, 0.717) is 5.95 Å². The van der Waals surface area contributed by atoms with Gasteiger partial charge in [-0.05, 0) is 30.7 Å². The van der Waals surface area contributed by atoms with Crippen LogP contribution in [0.15, 0.2) is 12.3 Å². The molecule has 92 valence electrons. The molecule has 2 atom stereocenters. The average Bonchev–Trinajstić information content (AvgIpc) is 2.38. The number of piperidine rings is 1. The van der Waals surface area contributed by atoms with Crippen LogP contribution in [0.25, 0.3) is 0 Å². The lowest BCUT2D eigenvalue weighted by Gasteiger charge is -2.41. The van der Waals surface area contributed by atoms with Crippen molar-refractivity contribution in [2.24, 2.45) is 11.8 Å². The predicted molar refractivity (Wildman–Crippen MR) is 68.7 cm³/mol. The molecule has 3 rings (SSSR count). The zero-order valence-electron chi connectivity index (χ0n) is 10.2. The molecular weight excluding hydrogens is 212 g/mol. The van der Waals surface area contributed by atoms with E-state index in [-0.39, 0.29) is 0 Å². The Morgan fingerprint density at radius 1 is 1.18 bits per heavy atom. The molecule has 1 aliphatic carbocycles. The molecule has 17 heavy (non-hydrogen) atoms. The Morgan fingerprint density at radius 2 is 2.00 bits per heavy atom. The van der Waals surface area contributed by atoms with Gasteiger partial charge in [0.15, 0.2) is 0 Å². The monoisotopic (exact) mass is 232 g/mol. The molecule has 1 saturated heterocycles. The van der Waals surface area contributed by atoms with Crippen LogP contribution >= 0.6 is 0 Å². The third kappa shape index (κ3) is 2.21. The molecule has 1 aromatic heterocycles. The summed E-state index contributed by atoms with van der Waals surface area (Å²) in [6.45, 7) is 2.28. The number of nitrogens with two attached hydrogens (primary N) is 1. The van der Waals surface area contributed by atoms with Gasteiger partial charge in [-0.15, -0.1) is 0 Å². The number of nitrogens with zero attached hydrogens (tertiary/aromatic N) is 3. The number of hydrogen-bond donors (Lipinski definition) is 1. The van der Waals surface area contributed by atoms with Crippen LogP contribution < -0.4 is 10.6 Å². The fraction of sp³-hybridized carbons (Fsp3) is 0.692. The van der Waals surface area contributed by atoms with Crippen LogP contribution in [0.3, 0.4) is 0 Å². The van der Waals surface area contributed by atoms with Gasteiger partial charge in [0.25, 0.3) is 0 Å². The summed E-state index contributed by atoms with van der Waals surface area (Å²) in [6.07, 6.45) is 8.73. The summed E-state index contributed by atoms with van der Waals surface area (Å²) in [6, 6.07) is 1.97. The molecular formula is C13H20N4. The molecule has 2 heterocycles. The Bertz CT molecular complexity index is 393. The van der Waals surface area contributed by atoms with Crippen LogP contribution in [0.1, 0.15) is 32.1 Å². The van der Waals surface area contributed by atoms with Crippen molar-refractivity contribution in [3.8, 4) is 0 Å². The minimum absolute atomic E-state index is 0.383. The molecule has 1 aliphatic heterocycles. The Hall–Kier alpha value is -1.32. The first-order chi connectivity index (χ1) is 8.33. The van der Waals surface area contributed by atoms with E-state index >= 15 is 0 Å². The van der Waals surface area contributed by atoms with Gasteiger partial charge >= 0.3 is 0 Å². The topological polar surface area (TPSA) is 55.0 Å². The summed E-state index contributed by atoms with van der Waals surface area (Å²) in [5.74, 6) is 3.21. The number of rotatable bonds is 1. The Kier molecular flexibility index (Phi) is 2.87. The molecule has 1 aromatic rings. The van der Waals surface area contributed by atoms with Crippen molar-refractivity contribution in [2.45, 2.75) is 32.1 Å². The third-order valence-electron chi connectivity index (χ3n) is 4.27. The number of hydrogen-bond acceptors (Lipinski definition) is 4. The fourth-order valence-electron chi connectivity index (χ4n) is 3.35. The summed E-state index contributed by atoms with van der Waals surface area (Å²) in [5, 5.41) is 0. The summed E-state index contributed by atoms with van der Waals surface area (Å²) < 4.78 is 0. The maximum absolute atomic E-state index is 5.65. The van der Waals surface area contributed by atoms with Crippen LogP contribution in [0.2, 0.25) is 0 Å². The highest BCUT2D eigenvalue weighted by Crippen LogP contribution is 2.37. The first-order valence-corrected chi connectivity index (χ1v) is 6.66. The Balaban J connectivity index is 1.73. The Morgan fingerprint density at radius 3 is 2.82 bits per heavy atom. The second-order valence-corrected chi connectivity index (χ2v) is 5.31. The van der Waals surface area contributed by atoms with Gasteiger partial charge in [-0.1, -0.05) is 19.3 Å². The van der Waals surface area contributed by atoms with Crippen LogP contribution in [-0.4, -0.2) is 23.1 Å². The molecule has 2 N–H and O–H groups in total. The zero-order valence-corrected chi connectivity index (χ0v) is 10.2. The van der Waals surface area contributed by atoms with Crippen LogP contribution in [0, 0.1) is 11.8 Å². The second kappa shape index (κ2) is 4.51. The van der Waals surface area contributed by atoms with E-state index in [1.807, 2.05) is 6.07 Å². The summed E-state index contributed by atoms with van der Waals surface area (Å²) in [4.78, 5) is 10.7. The van der Waals surface area contributed by atoms with Crippen molar-refractivity contribution in [3.05, 3.63) is 12.3 Å². The van der Waals surface area contributed by atoms with Gasteiger partial charge in [0.1, 0.15) is 5.82 Å². The fourth-order valence-corrected chi connectivity index (χ4v) is 3.35. The number of aromatic nitrogens is 2. The number of nitrogen functional groups attached to an aromatic ring is 1. The number of anilines is 2. The zero-order chi connectivity index (χ0) is 11.7. The summed E-state index contributed by atoms with van der Waals surface area (Å²) in [5.41, 5.74) is 5.65. The molecule has 1 saturated carbocycles. The van der Waals surface area contributed by atoms with Crippen molar-refractivity contribution in [1.29, 1.82) is 0 Å². The smallest absolute Gasteiger partial charge is 0.221 e. The van der Waals surface area contributed by atoms with E-state index in [1.54, 1.807) is 6.20 Å². The molecule has 0 amide bonds. The van der Waals surface area contributed by atoms with E-state index in [4.69, 9.17) is 5.73 Å². The van der Waals surface area contributed by atoms with Crippen LogP contribution in [-0.2, 0) is 0 Å². The first kappa shape index (κ1) is 10.8. The molecule has 0 spiro atoms. The molecule has 0 radical (unpaired) electrons. The van der Waals surface area contributed by atoms with Gasteiger partial charge < -0.3 is 10.6 Å². The highest BCUT2D eigenvalue weighted by molar-refractivity contribution is 5.41. The number of fused-ring (bicyclic) bond motifs is 1. The first-order valence-electron chi connectivity index (χ1n) is 6.66. The second-order valence-electron chi connectivity index (χ2n) is 5.31. The minimum Gasteiger partial charge on any atom is -0.368 e. The van der Waals surface area contributed by atoms with Gasteiger partial charge in [0, 0.05) is 19.3 Å². The Labute approximate surface area is 102 Å². The average molecular weight is 232 g/mol. The van der Waals surface area contributed by atoms with Crippen molar-refractivity contribution < 1.29 is 0 Å². The molecule has 4 nitrogen and oxygen atoms in total. The summed E-state index contributed by atoms with van der Waals surface area (Å²) >= 11 is 0. The standard InChI is InChI=1S/C13H20N4/c14-13-15-7-5-12(16-13)17-8-6-10-3-1-2-4-11(10)9-17/h5,7,10-11H,1-4,6,8-9H2,(H2,14,15,16). The van der Waals surface area contributed by atoms with Crippen molar-refractivity contribution in [1.82, 2.24) is 9.97 Å². The maximum Gasteiger partial charge on any atom is 0.221 e. The lowest BCUT2D eigenvalue weighted by atomic mass is 9.75.